The molecule has 0 aliphatic rings. The van der Waals surface area contributed by atoms with Gasteiger partial charge in [0.2, 0.25) is 0 Å². The molecule has 1 unspecified atom stereocenters. The Balaban J connectivity index is 4.46. The van der Waals surface area contributed by atoms with Crippen LogP contribution in [-0.4, -0.2) is 37.2 Å². The first-order valence-electron chi connectivity index (χ1n) is 28.6. The van der Waals surface area contributed by atoms with Crippen LogP contribution in [0.25, 0.3) is 0 Å². The van der Waals surface area contributed by atoms with Gasteiger partial charge in [-0.15, -0.1) is 0 Å². The number of unbranched alkanes of at least 4 members (excludes halogenated alkanes) is 11. The Hall–Kier alpha value is -5.23. The Kier molecular flexibility index (Phi) is 55.1. The van der Waals surface area contributed by atoms with Crippen LogP contribution in [0.4, 0.5) is 0 Å². The van der Waals surface area contributed by atoms with E-state index in [4.69, 9.17) is 14.2 Å². The highest BCUT2D eigenvalue weighted by molar-refractivity contribution is 5.72. The zero-order chi connectivity index (χ0) is 52.9. The number of rotatable bonds is 49. The molecule has 1 atom stereocenters. The number of hydrogen-bond acceptors (Lipinski definition) is 6. The minimum absolute atomic E-state index is 0.0798. The molecular weight excluding hydrogens is 901 g/mol. The van der Waals surface area contributed by atoms with Gasteiger partial charge in [0.15, 0.2) is 6.10 Å². The lowest BCUT2D eigenvalue weighted by molar-refractivity contribution is -0.166. The van der Waals surface area contributed by atoms with E-state index in [1.54, 1.807) is 6.08 Å². The molecule has 0 saturated heterocycles. The summed E-state index contributed by atoms with van der Waals surface area (Å²) in [6.07, 6.45) is 88.1. The van der Waals surface area contributed by atoms with Crippen LogP contribution in [-0.2, 0) is 28.6 Å². The van der Waals surface area contributed by atoms with Gasteiger partial charge in [0.1, 0.15) is 13.2 Å². The number of hydrogen-bond donors (Lipinski definition) is 0. The third kappa shape index (κ3) is 57.5. The van der Waals surface area contributed by atoms with Crippen LogP contribution in [0.3, 0.4) is 0 Å². The lowest BCUT2D eigenvalue weighted by atomic mass is 10.1. The van der Waals surface area contributed by atoms with Gasteiger partial charge >= 0.3 is 17.9 Å². The number of carbonyl (C=O) groups is 3. The van der Waals surface area contributed by atoms with Gasteiger partial charge in [-0.05, 0) is 128 Å². The van der Waals surface area contributed by atoms with E-state index < -0.39 is 12.1 Å². The highest BCUT2D eigenvalue weighted by Crippen LogP contribution is 2.13. The van der Waals surface area contributed by atoms with Gasteiger partial charge < -0.3 is 14.2 Å². The van der Waals surface area contributed by atoms with Gasteiger partial charge in [-0.1, -0.05) is 236 Å². The lowest BCUT2D eigenvalue weighted by Gasteiger charge is -2.18. The molecule has 0 aromatic carbocycles. The largest absolute Gasteiger partial charge is 0.462 e. The zero-order valence-corrected chi connectivity index (χ0v) is 46.3. The van der Waals surface area contributed by atoms with E-state index in [2.05, 4.69) is 179 Å². The Bertz CT molecular complexity index is 1720. The molecule has 0 aliphatic carbocycles. The van der Waals surface area contributed by atoms with Crippen LogP contribution < -0.4 is 0 Å². The van der Waals surface area contributed by atoms with E-state index in [-0.39, 0.29) is 31.6 Å². The molecule has 0 aliphatic heterocycles. The normalized spacial score (nSPS) is 13.4. The molecule has 0 spiro atoms. The fraction of sp³-hybridized carbons (Fsp3) is 0.537. The summed E-state index contributed by atoms with van der Waals surface area (Å²) in [7, 11) is 0. The summed E-state index contributed by atoms with van der Waals surface area (Å²) in [5.74, 6) is -1.12. The average Bonchev–Trinajstić information content (AvgIpc) is 3.39. The van der Waals surface area contributed by atoms with Gasteiger partial charge in [-0.25, -0.2) is 0 Å². The minimum Gasteiger partial charge on any atom is -0.462 e. The molecule has 0 fully saturated rings. The molecule has 0 aromatic heterocycles. The van der Waals surface area contributed by atoms with Gasteiger partial charge in [0.25, 0.3) is 0 Å². The van der Waals surface area contributed by atoms with Crippen LogP contribution >= 0.6 is 0 Å². The number of allylic oxidation sites excluding steroid dienone is 27. The van der Waals surface area contributed by atoms with Gasteiger partial charge in [0.05, 0.1) is 6.42 Å². The maximum absolute atomic E-state index is 12.8. The summed E-state index contributed by atoms with van der Waals surface area (Å²) < 4.78 is 16.7. The first-order valence-corrected chi connectivity index (χ1v) is 28.6. The molecule has 0 amide bonds. The maximum atomic E-state index is 12.8. The quantitative estimate of drug-likeness (QED) is 0.0261. The molecule has 0 heterocycles. The molecule has 6 heteroatoms. The van der Waals surface area contributed by atoms with E-state index in [1.165, 1.54) is 32.1 Å². The zero-order valence-electron chi connectivity index (χ0n) is 46.3. The Labute approximate surface area is 447 Å². The van der Waals surface area contributed by atoms with Crippen LogP contribution in [0.5, 0.6) is 0 Å². The fourth-order valence-electron chi connectivity index (χ4n) is 7.06. The standard InChI is InChI=1S/C67H102O6/c1-4-7-10-13-16-19-22-25-27-28-29-30-31-32-33-34-35-36-37-38-40-42-45-48-51-54-57-60-66(69)72-63-64(62-71-65(68)59-56-53-50-47-44-41-24-21-18-15-12-9-6-3)73-67(70)61-58-55-52-49-46-43-39-26-23-20-17-14-11-8-5-2/h7-12,16-21,25-27,29-30,32-33,35-36,39,41,44,46,49,55,58,64H,4-6,13-15,22-24,28,31,34,37-38,40,42-43,45,47-48,50-54,56-57,59-63H2,1-3H3/b10-7-,11-8-,12-9-,19-16-,20-17-,21-18-,27-25-,30-29-,33-32-,36-35-,39-26-,44-41-,49-46-,58-55-. The van der Waals surface area contributed by atoms with E-state index in [0.29, 0.717) is 19.3 Å². The lowest BCUT2D eigenvalue weighted by Crippen LogP contribution is -2.30. The first kappa shape index (κ1) is 67.8. The van der Waals surface area contributed by atoms with Crippen molar-refractivity contribution in [2.75, 3.05) is 13.2 Å². The predicted molar refractivity (Wildman–Crippen MR) is 315 cm³/mol. The molecule has 0 aromatic rings. The van der Waals surface area contributed by atoms with Gasteiger partial charge in [-0.2, -0.15) is 0 Å². The monoisotopic (exact) mass is 1000 g/mol. The Morgan fingerprint density at radius 3 is 0.849 bits per heavy atom. The molecule has 0 bridgehead atoms. The molecule has 6 nitrogen and oxygen atoms in total. The van der Waals surface area contributed by atoms with E-state index in [0.717, 1.165) is 135 Å². The summed E-state index contributed by atoms with van der Waals surface area (Å²) in [6.45, 7) is 6.15. The maximum Gasteiger partial charge on any atom is 0.310 e. The molecule has 0 saturated carbocycles. The van der Waals surface area contributed by atoms with Crippen LogP contribution in [0.15, 0.2) is 170 Å². The number of carbonyl (C=O) groups excluding carboxylic acids is 3. The second kappa shape index (κ2) is 59.3. The summed E-state index contributed by atoms with van der Waals surface area (Å²) >= 11 is 0. The first-order chi connectivity index (χ1) is 36.0. The second-order valence-corrected chi connectivity index (χ2v) is 18.1. The van der Waals surface area contributed by atoms with Crippen molar-refractivity contribution in [2.24, 2.45) is 0 Å². The van der Waals surface area contributed by atoms with E-state index >= 15 is 0 Å². The Morgan fingerprint density at radius 1 is 0.288 bits per heavy atom. The van der Waals surface area contributed by atoms with Crippen molar-refractivity contribution in [1.29, 1.82) is 0 Å². The molecule has 0 N–H and O–H groups in total. The topological polar surface area (TPSA) is 78.9 Å². The SMILES string of the molecule is CC/C=C\C/C=C\C/C=C\C/C=C\C/C=C\C/C=C\CCCCCCCCCCC(=O)OCC(COC(=O)CCCCC/C=C\C/C=C\C/C=C\CC)OC(=O)C/C=C\C/C=C\C/C=C\C/C=C\C/C=C\CC. The smallest absolute Gasteiger partial charge is 0.310 e. The summed E-state index contributed by atoms with van der Waals surface area (Å²) in [6, 6.07) is 0. The molecular formula is C67H102O6. The van der Waals surface area contributed by atoms with Crippen molar-refractivity contribution >= 4 is 17.9 Å². The number of esters is 3. The average molecular weight is 1000 g/mol. The Morgan fingerprint density at radius 2 is 0.534 bits per heavy atom. The van der Waals surface area contributed by atoms with Crippen LogP contribution in [0.1, 0.15) is 213 Å². The van der Waals surface area contributed by atoms with E-state index in [9.17, 15) is 14.4 Å². The number of ether oxygens (including phenoxy) is 3. The van der Waals surface area contributed by atoms with Crippen molar-refractivity contribution in [3.8, 4) is 0 Å². The van der Waals surface area contributed by atoms with Gasteiger partial charge in [0, 0.05) is 12.8 Å². The second-order valence-electron chi connectivity index (χ2n) is 18.1. The van der Waals surface area contributed by atoms with Crippen molar-refractivity contribution in [3.05, 3.63) is 170 Å². The molecule has 0 rings (SSSR count). The highest BCUT2D eigenvalue weighted by Gasteiger charge is 2.19. The summed E-state index contributed by atoms with van der Waals surface area (Å²) in [5.41, 5.74) is 0. The third-order valence-electron chi connectivity index (χ3n) is 11.2. The van der Waals surface area contributed by atoms with Crippen molar-refractivity contribution in [3.63, 3.8) is 0 Å². The predicted octanol–water partition coefficient (Wildman–Crippen LogP) is 19.5. The minimum atomic E-state index is -0.857. The van der Waals surface area contributed by atoms with Crippen molar-refractivity contribution in [1.82, 2.24) is 0 Å². The van der Waals surface area contributed by atoms with Crippen molar-refractivity contribution < 1.29 is 28.6 Å². The molecule has 73 heavy (non-hydrogen) atoms. The van der Waals surface area contributed by atoms with E-state index in [1.807, 2.05) is 6.08 Å². The van der Waals surface area contributed by atoms with Gasteiger partial charge in [-0.3, -0.25) is 14.4 Å². The fourth-order valence-corrected chi connectivity index (χ4v) is 7.06. The van der Waals surface area contributed by atoms with Crippen LogP contribution in [0.2, 0.25) is 0 Å². The summed E-state index contributed by atoms with van der Waals surface area (Å²) in [5, 5.41) is 0. The molecule has 0 radical (unpaired) electrons. The van der Waals surface area contributed by atoms with Crippen LogP contribution in [0, 0.1) is 0 Å². The highest BCUT2D eigenvalue weighted by atomic mass is 16.6. The summed E-state index contributed by atoms with van der Waals surface area (Å²) in [4.78, 5) is 38.0. The molecule has 406 valence electrons. The van der Waals surface area contributed by atoms with Crippen molar-refractivity contribution in [2.45, 2.75) is 219 Å². The third-order valence-corrected chi connectivity index (χ3v) is 11.2.